The Bertz CT molecular complexity index is 323. The molecule has 1 aromatic carbocycles. The molecule has 0 bridgehead atoms. The van der Waals surface area contributed by atoms with E-state index in [0.717, 1.165) is 12.0 Å². The number of hydrogen-bond donors (Lipinski definition) is 1. The molecule has 3 nitrogen and oxygen atoms in total. The number of alkyl carbamates (subject to hydrolysis) is 1. The van der Waals surface area contributed by atoms with Crippen molar-refractivity contribution in [3.63, 3.8) is 0 Å². The fourth-order valence-electron chi connectivity index (χ4n) is 1.72. The van der Waals surface area contributed by atoms with Crippen LogP contribution in [0.15, 0.2) is 30.3 Å². The van der Waals surface area contributed by atoms with Crippen molar-refractivity contribution in [1.29, 1.82) is 0 Å². The van der Waals surface area contributed by atoms with Gasteiger partial charge in [-0.1, -0.05) is 37.3 Å². The van der Waals surface area contributed by atoms with Gasteiger partial charge in [0.25, 0.3) is 0 Å². The van der Waals surface area contributed by atoms with E-state index in [9.17, 15) is 4.79 Å². The number of hydrogen-bond acceptors (Lipinski definition) is 2. The van der Waals surface area contributed by atoms with E-state index < -0.39 is 0 Å². The van der Waals surface area contributed by atoms with Crippen LogP contribution in [0.5, 0.6) is 0 Å². The summed E-state index contributed by atoms with van der Waals surface area (Å²) in [5.41, 5.74) is 1.05. The molecule has 1 fully saturated rings. The standard InChI is InChI=1S/C11H13NO2/c1-2-9-10(14-11(13)12-9)8-6-4-3-5-7-8/h3-7,9-10H,2H2,1H3,(H,12,13)/t9-,10+/m0/s1. The van der Waals surface area contributed by atoms with Crippen molar-refractivity contribution in [2.75, 3.05) is 0 Å². The van der Waals surface area contributed by atoms with Gasteiger partial charge in [-0.15, -0.1) is 0 Å². The van der Waals surface area contributed by atoms with Crippen molar-refractivity contribution in [3.05, 3.63) is 35.9 Å². The summed E-state index contributed by atoms with van der Waals surface area (Å²) in [4.78, 5) is 11.1. The highest BCUT2D eigenvalue weighted by molar-refractivity contribution is 5.70. The van der Waals surface area contributed by atoms with Crippen LogP contribution >= 0.6 is 0 Å². The first-order chi connectivity index (χ1) is 6.81. The monoisotopic (exact) mass is 191 g/mol. The number of carbonyl (C=O) groups is 1. The van der Waals surface area contributed by atoms with Gasteiger partial charge in [0.2, 0.25) is 0 Å². The Hall–Kier alpha value is -1.51. The van der Waals surface area contributed by atoms with E-state index in [0.29, 0.717) is 0 Å². The molecule has 0 aliphatic carbocycles. The number of benzene rings is 1. The maximum Gasteiger partial charge on any atom is 0.408 e. The van der Waals surface area contributed by atoms with Crippen LogP contribution in [0.4, 0.5) is 4.79 Å². The summed E-state index contributed by atoms with van der Waals surface area (Å²) in [6.07, 6.45) is 0.435. The van der Waals surface area contributed by atoms with Crippen LogP contribution in [0.25, 0.3) is 0 Å². The SMILES string of the molecule is CC[C@@H]1NC(=O)O[C@@H]1c1ccccc1. The summed E-state index contributed by atoms with van der Waals surface area (Å²) in [7, 11) is 0. The maximum atomic E-state index is 11.1. The molecule has 2 atom stereocenters. The Kier molecular flexibility index (Phi) is 2.39. The smallest absolute Gasteiger partial charge is 0.408 e. The van der Waals surface area contributed by atoms with Gasteiger partial charge < -0.3 is 10.1 Å². The molecule has 1 saturated heterocycles. The molecule has 0 saturated carbocycles. The summed E-state index contributed by atoms with van der Waals surface area (Å²) in [5, 5.41) is 2.79. The van der Waals surface area contributed by atoms with E-state index >= 15 is 0 Å². The predicted molar refractivity (Wildman–Crippen MR) is 52.9 cm³/mol. The van der Waals surface area contributed by atoms with Gasteiger partial charge in [-0.05, 0) is 12.0 Å². The van der Waals surface area contributed by atoms with Crippen molar-refractivity contribution in [3.8, 4) is 0 Å². The van der Waals surface area contributed by atoms with Crippen molar-refractivity contribution < 1.29 is 9.53 Å². The second-order valence-corrected chi connectivity index (χ2v) is 3.40. The highest BCUT2D eigenvalue weighted by Gasteiger charge is 2.33. The third-order valence-electron chi connectivity index (χ3n) is 2.47. The molecule has 14 heavy (non-hydrogen) atoms. The molecule has 1 aromatic rings. The Balaban J connectivity index is 2.22. The lowest BCUT2D eigenvalue weighted by atomic mass is 10.0. The van der Waals surface area contributed by atoms with Gasteiger partial charge in [-0.3, -0.25) is 0 Å². The molecule has 74 valence electrons. The fraction of sp³-hybridized carbons (Fsp3) is 0.364. The minimum Gasteiger partial charge on any atom is -0.439 e. The van der Waals surface area contributed by atoms with Crippen LogP contribution in [-0.2, 0) is 4.74 Å². The van der Waals surface area contributed by atoms with Crippen molar-refractivity contribution in [2.45, 2.75) is 25.5 Å². The number of rotatable bonds is 2. The summed E-state index contributed by atoms with van der Waals surface area (Å²) < 4.78 is 5.20. The number of carbonyl (C=O) groups excluding carboxylic acids is 1. The summed E-state index contributed by atoms with van der Waals surface area (Å²) >= 11 is 0. The molecule has 2 rings (SSSR count). The zero-order valence-electron chi connectivity index (χ0n) is 8.07. The third kappa shape index (κ3) is 1.58. The Labute approximate surface area is 83.1 Å². The van der Waals surface area contributed by atoms with Gasteiger partial charge in [0, 0.05) is 0 Å². The summed E-state index contributed by atoms with van der Waals surface area (Å²) in [6, 6.07) is 9.92. The van der Waals surface area contributed by atoms with Gasteiger partial charge >= 0.3 is 6.09 Å². The number of nitrogens with one attached hydrogen (secondary N) is 1. The number of ether oxygens (including phenoxy) is 1. The van der Waals surface area contributed by atoms with E-state index in [1.54, 1.807) is 0 Å². The van der Waals surface area contributed by atoms with E-state index in [1.807, 2.05) is 37.3 Å². The fourth-order valence-corrected chi connectivity index (χ4v) is 1.72. The van der Waals surface area contributed by atoms with E-state index in [2.05, 4.69) is 5.32 Å². The van der Waals surface area contributed by atoms with Gasteiger partial charge in [-0.2, -0.15) is 0 Å². The molecular weight excluding hydrogens is 178 g/mol. The Morgan fingerprint density at radius 2 is 2.07 bits per heavy atom. The zero-order valence-corrected chi connectivity index (χ0v) is 8.07. The molecule has 1 heterocycles. The quantitative estimate of drug-likeness (QED) is 0.778. The molecule has 1 aliphatic heterocycles. The first-order valence-corrected chi connectivity index (χ1v) is 4.83. The van der Waals surface area contributed by atoms with Crippen LogP contribution < -0.4 is 5.32 Å². The lowest BCUT2D eigenvalue weighted by molar-refractivity contribution is 0.131. The van der Waals surface area contributed by atoms with Gasteiger partial charge in [0.05, 0.1) is 6.04 Å². The second-order valence-electron chi connectivity index (χ2n) is 3.40. The first-order valence-electron chi connectivity index (χ1n) is 4.83. The highest BCUT2D eigenvalue weighted by Crippen LogP contribution is 2.27. The maximum absolute atomic E-state index is 11.1. The van der Waals surface area contributed by atoms with Crippen LogP contribution in [0.2, 0.25) is 0 Å². The largest absolute Gasteiger partial charge is 0.439 e. The molecular formula is C11H13NO2. The summed E-state index contributed by atoms with van der Waals surface area (Å²) in [5.74, 6) is 0. The lowest BCUT2D eigenvalue weighted by Gasteiger charge is -2.14. The van der Waals surface area contributed by atoms with Crippen molar-refractivity contribution in [2.24, 2.45) is 0 Å². The van der Waals surface area contributed by atoms with E-state index in [-0.39, 0.29) is 18.2 Å². The lowest BCUT2D eigenvalue weighted by Crippen LogP contribution is -2.26. The Morgan fingerprint density at radius 1 is 1.36 bits per heavy atom. The van der Waals surface area contributed by atoms with Crippen LogP contribution in [0, 0.1) is 0 Å². The minimum absolute atomic E-state index is 0.102. The summed E-state index contributed by atoms with van der Waals surface area (Å²) in [6.45, 7) is 2.04. The minimum atomic E-state index is -0.314. The van der Waals surface area contributed by atoms with E-state index in [1.165, 1.54) is 0 Å². The second kappa shape index (κ2) is 3.70. The molecule has 0 aromatic heterocycles. The van der Waals surface area contributed by atoms with Crippen LogP contribution in [0.1, 0.15) is 25.0 Å². The van der Waals surface area contributed by atoms with Crippen molar-refractivity contribution >= 4 is 6.09 Å². The third-order valence-corrected chi connectivity index (χ3v) is 2.47. The topological polar surface area (TPSA) is 38.3 Å². The molecule has 0 spiro atoms. The number of amides is 1. The Morgan fingerprint density at radius 3 is 2.71 bits per heavy atom. The first kappa shape index (κ1) is 9.06. The highest BCUT2D eigenvalue weighted by atomic mass is 16.6. The molecule has 0 radical (unpaired) electrons. The molecule has 1 amide bonds. The molecule has 1 aliphatic rings. The van der Waals surface area contributed by atoms with Crippen LogP contribution in [0.3, 0.4) is 0 Å². The van der Waals surface area contributed by atoms with Gasteiger partial charge in [0.1, 0.15) is 6.10 Å². The average molecular weight is 191 g/mol. The normalized spacial score (nSPS) is 25.6. The van der Waals surface area contributed by atoms with Gasteiger partial charge in [-0.25, -0.2) is 4.79 Å². The van der Waals surface area contributed by atoms with Crippen molar-refractivity contribution in [1.82, 2.24) is 5.32 Å². The predicted octanol–water partition coefficient (Wildman–Crippen LogP) is 2.25. The number of cyclic esters (lactones) is 1. The average Bonchev–Trinajstić information content (AvgIpc) is 2.61. The van der Waals surface area contributed by atoms with Gasteiger partial charge in [0.15, 0.2) is 0 Å². The van der Waals surface area contributed by atoms with Crippen LogP contribution in [-0.4, -0.2) is 12.1 Å². The molecule has 3 heteroatoms. The molecule has 1 N–H and O–H groups in total. The zero-order chi connectivity index (χ0) is 9.97. The van der Waals surface area contributed by atoms with E-state index in [4.69, 9.17) is 4.74 Å². The molecule has 0 unspecified atom stereocenters.